The highest BCUT2D eigenvalue weighted by molar-refractivity contribution is 5.94. The highest BCUT2D eigenvalue weighted by Gasteiger charge is 2.42. The number of carbonyl (C=O) groups is 1. The minimum atomic E-state index is 0.112. The number of Topliss-reactive ketones (excluding diaryl/α,β-unsaturated/α-hetero) is 1. The third kappa shape index (κ3) is 2.34. The van der Waals surface area contributed by atoms with Crippen molar-refractivity contribution in [2.24, 2.45) is 5.92 Å². The molecule has 2 rings (SSSR count). The second kappa shape index (κ2) is 4.87. The summed E-state index contributed by atoms with van der Waals surface area (Å²) in [7, 11) is 0. The van der Waals surface area contributed by atoms with Crippen LogP contribution in [0.3, 0.4) is 0 Å². The Bertz CT molecular complexity index is 561. The number of allylic oxidation sites excluding steroid dienone is 2. The maximum atomic E-state index is 11.7. The van der Waals surface area contributed by atoms with Gasteiger partial charge in [0, 0.05) is 5.56 Å². The Morgan fingerprint density at radius 1 is 1.20 bits per heavy atom. The normalized spacial score (nSPS) is 23.6. The molecule has 1 atom stereocenters. The van der Waals surface area contributed by atoms with Gasteiger partial charge in [0.15, 0.2) is 5.78 Å². The Morgan fingerprint density at radius 3 is 2.40 bits per heavy atom. The Morgan fingerprint density at radius 2 is 1.85 bits per heavy atom. The Labute approximate surface area is 123 Å². The second-order valence-corrected chi connectivity index (χ2v) is 7.26. The zero-order valence-electron chi connectivity index (χ0n) is 13.6. The van der Waals surface area contributed by atoms with Gasteiger partial charge in [0.05, 0.1) is 0 Å². The van der Waals surface area contributed by atoms with E-state index in [1.165, 1.54) is 11.1 Å². The standard InChI is InChI=1S/C19H26O/c1-7-8-15-12-18(3,4)17-11-14(13(2)20)9-10-16(17)19(15,5)6/h7-11,15H,12H2,1-6H3. The first kappa shape index (κ1) is 15.0. The zero-order valence-corrected chi connectivity index (χ0v) is 13.6. The molecule has 0 fully saturated rings. The fourth-order valence-electron chi connectivity index (χ4n) is 3.54. The smallest absolute Gasteiger partial charge is 0.159 e. The van der Waals surface area contributed by atoms with Crippen LogP contribution in [0.5, 0.6) is 0 Å². The van der Waals surface area contributed by atoms with Gasteiger partial charge in [-0.05, 0) is 54.2 Å². The molecule has 0 bridgehead atoms. The summed E-state index contributed by atoms with van der Waals surface area (Å²) in [5, 5.41) is 0. The number of hydrogen-bond acceptors (Lipinski definition) is 1. The summed E-state index contributed by atoms with van der Waals surface area (Å²) in [4.78, 5) is 11.7. The van der Waals surface area contributed by atoms with E-state index in [1.807, 2.05) is 6.07 Å². The minimum Gasteiger partial charge on any atom is -0.295 e. The van der Waals surface area contributed by atoms with Crippen LogP contribution in [-0.2, 0) is 10.8 Å². The molecule has 0 spiro atoms. The van der Waals surface area contributed by atoms with Crippen LogP contribution in [0.2, 0.25) is 0 Å². The minimum absolute atomic E-state index is 0.112. The van der Waals surface area contributed by atoms with Crippen molar-refractivity contribution in [1.82, 2.24) is 0 Å². The third-order valence-electron chi connectivity index (χ3n) is 4.93. The lowest BCUT2D eigenvalue weighted by molar-refractivity contribution is 0.101. The fraction of sp³-hybridized carbons (Fsp3) is 0.526. The summed E-state index contributed by atoms with van der Waals surface area (Å²) in [6.45, 7) is 13.0. The van der Waals surface area contributed by atoms with Gasteiger partial charge in [-0.25, -0.2) is 0 Å². The summed E-state index contributed by atoms with van der Waals surface area (Å²) in [5.74, 6) is 0.690. The van der Waals surface area contributed by atoms with Crippen LogP contribution in [0.4, 0.5) is 0 Å². The van der Waals surface area contributed by atoms with Crippen LogP contribution < -0.4 is 0 Å². The molecule has 0 aromatic heterocycles. The summed E-state index contributed by atoms with van der Waals surface area (Å²) >= 11 is 0. The van der Waals surface area contributed by atoms with Crippen molar-refractivity contribution in [3.63, 3.8) is 0 Å². The molecule has 0 aliphatic heterocycles. The highest BCUT2D eigenvalue weighted by atomic mass is 16.1. The molecule has 1 aliphatic carbocycles. The Balaban J connectivity index is 2.64. The molecule has 0 saturated heterocycles. The van der Waals surface area contributed by atoms with Gasteiger partial charge in [0.25, 0.3) is 0 Å². The molecule has 1 nitrogen and oxygen atoms in total. The maximum absolute atomic E-state index is 11.7. The summed E-state index contributed by atoms with van der Waals surface area (Å²) in [6, 6.07) is 6.27. The molecule has 108 valence electrons. The molecule has 1 aromatic rings. The molecule has 0 amide bonds. The van der Waals surface area contributed by atoms with E-state index >= 15 is 0 Å². The van der Waals surface area contributed by atoms with Crippen molar-refractivity contribution in [2.75, 3.05) is 0 Å². The van der Waals surface area contributed by atoms with Crippen LogP contribution in [0.15, 0.2) is 30.4 Å². The first-order valence-electron chi connectivity index (χ1n) is 7.49. The average Bonchev–Trinajstić information content (AvgIpc) is 2.36. The first-order valence-corrected chi connectivity index (χ1v) is 7.49. The van der Waals surface area contributed by atoms with Gasteiger partial charge in [-0.15, -0.1) is 0 Å². The Kier molecular flexibility index (Phi) is 3.66. The van der Waals surface area contributed by atoms with E-state index in [1.54, 1.807) is 6.92 Å². The van der Waals surface area contributed by atoms with Gasteiger partial charge in [0.2, 0.25) is 0 Å². The van der Waals surface area contributed by atoms with E-state index in [0.717, 1.165) is 12.0 Å². The molecule has 0 heterocycles. The lowest BCUT2D eigenvalue weighted by Gasteiger charge is -2.47. The molecule has 1 aliphatic rings. The predicted molar refractivity (Wildman–Crippen MR) is 85.4 cm³/mol. The van der Waals surface area contributed by atoms with Gasteiger partial charge in [0.1, 0.15) is 0 Å². The highest BCUT2D eigenvalue weighted by Crippen LogP contribution is 2.49. The number of benzene rings is 1. The maximum Gasteiger partial charge on any atom is 0.159 e. The molecular formula is C19H26O. The topological polar surface area (TPSA) is 17.1 Å². The van der Waals surface area contributed by atoms with Crippen molar-refractivity contribution < 1.29 is 4.79 Å². The summed E-state index contributed by atoms with van der Waals surface area (Å²) < 4.78 is 0. The van der Waals surface area contributed by atoms with Crippen LogP contribution in [0, 0.1) is 5.92 Å². The van der Waals surface area contributed by atoms with Crippen LogP contribution in [0.1, 0.15) is 69.4 Å². The first-order chi connectivity index (χ1) is 9.20. The lowest BCUT2D eigenvalue weighted by atomic mass is 9.57. The number of rotatable bonds is 2. The molecule has 1 heteroatoms. The number of ketones is 1. The quantitative estimate of drug-likeness (QED) is 0.543. The molecule has 0 radical (unpaired) electrons. The van der Waals surface area contributed by atoms with Crippen molar-refractivity contribution in [3.8, 4) is 0 Å². The molecule has 0 saturated carbocycles. The Hall–Kier alpha value is -1.37. The molecule has 0 N–H and O–H groups in total. The largest absolute Gasteiger partial charge is 0.295 e. The van der Waals surface area contributed by atoms with E-state index < -0.39 is 0 Å². The average molecular weight is 270 g/mol. The van der Waals surface area contributed by atoms with Gasteiger partial charge < -0.3 is 0 Å². The zero-order chi connectivity index (χ0) is 15.1. The predicted octanol–water partition coefficient (Wildman–Crippen LogP) is 5.04. The number of carbonyl (C=O) groups excluding carboxylic acids is 1. The molecule has 20 heavy (non-hydrogen) atoms. The van der Waals surface area contributed by atoms with Crippen LogP contribution in [-0.4, -0.2) is 5.78 Å². The summed E-state index contributed by atoms with van der Waals surface area (Å²) in [6.07, 6.45) is 5.62. The fourth-order valence-corrected chi connectivity index (χ4v) is 3.54. The lowest BCUT2D eigenvalue weighted by Crippen LogP contribution is -2.40. The summed E-state index contributed by atoms with van der Waals surface area (Å²) in [5.41, 5.74) is 3.79. The van der Waals surface area contributed by atoms with Gasteiger partial charge in [-0.1, -0.05) is 52.0 Å². The van der Waals surface area contributed by atoms with E-state index in [-0.39, 0.29) is 16.6 Å². The van der Waals surface area contributed by atoms with Crippen LogP contribution >= 0.6 is 0 Å². The van der Waals surface area contributed by atoms with E-state index in [9.17, 15) is 4.79 Å². The second-order valence-electron chi connectivity index (χ2n) is 7.26. The van der Waals surface area contributed by atoms with E-state index in [0.29, 0.717) is 5.92 Å². The SMILES string of the molecule is CC=CC1CC(C)(C)c2cc(C(C)=O)ccc2C1(C)C. The van der Waals surface area contributed by atoms with Crippen molar-refractivity contribution in [1.29, 1.82) is 0 Å². The van der Waals surface area contributed by atoms with E-state index in [2.05, 4.69) is 58.9 Å². The number of hydrogen-bond donors (Lipinski definition) is 0. The van der Waals surface area contributed by atoms with Crippen molar-refractivity contribution >= 4 is 5.78 Å². The monoisotopic (exact) mass is 270 g/mol. The third-order valence-corrected chi connectivity index (χ3v) is 4.93. The molecular weight excluding hydrogens is 244 g/mol. The van der Waals surface area contributed by atoms with Crippen molar-refractivity contribution in [2.45, 2.75) is 58.8 Å². The molecule has 1 aromatic carbocycles. The van der Waals surface area contributed by atoms with Crippen LogP contribution in [0.25, 0.3) is 0 Å². The van der Waals surface area contributed by atoms with E-state index in [4.69, 9.17) is 0 Å². The van der Waals surface area contributed by atoms with Gasteiger partial charge >= 0.3 is 0 Å². The van der Waals surface area contributed by atoms with Crippen molar-refractivity contribution in [3.05, 3.63) is 47.0 Å². The molecule has 1 unspecified atom stereocenters. The van der Waals surface area contributed by atoms with Gasteiger partial charge in [-0.3, -0.25) is 4.79 Å². The number of fused-ring (bicyclic) bond motifs is 1. The van der Waals surface area contributed by atoms with Gasteiger partial charge in [-0.2, -0.15) is 0 Å².